The molecule has 0 saturated carbocycles. The van der Waals surface area contributed by atoms with Crippen LogP contribution in [0.15, 0.2) is 0 Å². The lowest BCUT2D eigenvalue weighted by Gasteiger charge is -2.40. The zero-order valence-electron chi connectivity index (χ0n) is 13.7. The number of morpholine rings is 1. The van der Waals surface area contributed by atoms with E-state index < -0.39 is 0 Å². The minimum Gasteiger partial charge on any atom is -0.376 e. The van der Waals surface area contributed by atoms with Gasteiger partial charge in [-0.1, -0.05) is 41.0 Å². The lowest BCUT2D eigenvalue weighted by Crippen LogP contribution is -2.49. The molecule has 3 nitrogen and oxygen atoms in total. The Morgan fingerprint density at radius 1 is 1.37 bits per heavy atom. The fourth-order valence-corrected chi connectivity index (χ4v) is 2.99. The van der Waals surface area contributed by atoms with Crippen molar-refractivity contribution < 1.29 is 4.74 Å². The molecule has 1 fully saturated rings. The van der Waals surface area contributed by atoms with Gasteiger partial charge in [0, 0.05) is 32.2 Å². The van der Waals surface area contributed by atoms with E-state index in [2.05, 4.69) is 44.8 Å². The monoisotopic (exact) mass is 270 g/mol. The predicted octanol–water partition coefficient (Wildman–Crippen LogP) is 2.90. The largest absolute Gasteiger partial charge is 0.376 e. The molecule has 114 valence electrons. The minimum absolute atomic E-state index is 0.384. The molecule has 0 aromatic heterocycles. The van der Waals surface area contributed by atoms with Crippen LogP contribution in [0.4, 0.5) is 0 Å². The molecule has 1 rings (SSSR count). The summed E-state index contributed by atoms with van der Waals surface area (Å²) in [6, 6.07) is 0.573. The lowest BCUT2D eigenvalue weighted by molar-refractivity contribution is -0.0418. The molecule has 3 heteroatoms. The van der Waals surface area contributed by atoms with Crippen molar-refractivity contribution in [1.29, 1.82) is 0 Å². The highest BCUT2D eigenvalue weighted by atomic mass is 16.5. The van der Waals surface area contributed by atoms with Crippen LogP contribution in [-0.2, 0) is 4.74 Å². The van der Waals surface area contributed by atoms with E-state index in [1.165, 1.54) is 19.4 Å². The van der Waals surface area contributed by atoms with E-state index in [4.69, 9.17) is 4.74 Å². The normalized spacial score (nSPS) is 24.6. The molecule has 0 aliphatic carbocycles. The third kappa shape index (κ3) is 6.24. The van der Waals surface area contributed by atoms with Crippen LogP contribution in [0.5, 0.6) is 0 Å². The molecule has 1 aliphatic rings. The summed E-state index contributed by atoms with van der Waals surface area (Å²) >= 11 is 0. The van der Waals surface area contributed by atoms with Crippen molar-refractivity contribution in [2.24, 2.45) is 5.41 Å². The second-order valence-electron chi connectivity index (χ2n) is 6.73. The van der Waals surface area contributed by atoms with Crippen molar-refractivity contribution in [1.82, 2.24) is 10.2 Å². The first-order chi connectivity index (χ1) is 8.99. The fourth-order valence-electron chi connectivity index (χ4n) is 2.99. The highest BCUT2D eigenvalue weighted by Gasteiger charge is 2.29. The molecule has 19 heavy (non-hydrogen) atoms. The van der Waals surface area contributed by atoms with Crippen LogP contribution < -0.4 is 5.32 Å². The molecule has 0 amide bonds. The maximum Gasteiger partial charge on any atom is 0.0700 e. The smallest absolute Gasteiger partial charge is 0.0700 e. The van der Waals surface area contributed by atoms with Gasteiger partial charge in [0.05, 0.1) is 12.7 Å². The Morgan fingerprint density at radius 3 is 2.68 bits per heavy atom. The molecular formula is C16H34N2O. The van der Waals surface area contributed by atoms with Crippen molar-refractivity contribution in [3.8, 4) is 0 Å². The molecular weight excluding hydrogens is 236 g/mol. The zero-order chi connectivity index (χ0) is 14.3. The van der Waals surface area contributed by atoms with Gasteiger partial charge in [0.15, 0.2) is 0 Å². The molecule has 1 aliphatic heterocycles. The van der Waals surface area contributed by atoms with Gasteiger partial charge in [-0.05, 0) is 18.3 Å². The van der Waals surface area contributed by atoms with Gasteiger partial charge in [0.1, 0.15) is 0 Å². The number of hydrogen-bond donors (Lipinski definition) is 1. The first-order valence-electron chi connectivity index (χ1n) is 8.06. The average molecular weight is 270 g/mol. The average Bonchev–Trinajstić information content (AvgIpc) is 2.37. The topological polar surface area (TPSA) is 24.5 Å². The molecule has 0 spiro atoms. The van der Waals surface area contributed by atoms with Gasteiger partial charge in [-0.3, -0.25) is 4.90 Å². The van der Waals surface area contributed by atoms with Crippen molar-refractivity contribution in [2.75, 3.05) is 32.8 Å². The van der Waals surface area contributed by atoms with Crippen LogP contribution >= 0.6 is 0 Å². The van der Waals surface area contributed by atoms with Crippen molar-refractivity contribution in [3.63, 3.8) is 0 Å². The molecule has 2 atom stereocenters. The number of hydrogen-bond acceptors (Lipinski definition) is 3. The maximum atomic E-state index is 5.77. The fraction of sp³-hybridized carbons (Fsp3) is 1.00. The SMILES string of the molecule is CCCC(C)(CNC(C)C)CN1CCOC(CC)C1. The van der Waals surface area contributed by atoms with Gasteiger partial charge < -0.3 is 10.1 Å². The highest BCUT2D eigenvalue weighted by molar-refractivity contribution is 4.83. The molecule has 0 aromatic carbocycles. The van der Waals surface area contributed by atoms with Gasteiger partial charge in [-0.2, -0.15) is 0 Å². The van der Waals surface area contributed by atoms with Crippen LogP contribution in [-0.4, -0.2) is 49.8 Å². The molecule has 1 N–H and O–H groups in total. The molecule has 2 unspecified atom stereocenters. The molecule has 0 radical (unpaired) electrons. The summed E-state index contributed by atoms with van der Waals surface area (Å²) in [4.78, 5) is 2.61. The van der Waals surface area contributed by atoms with E-state index in [9.17, 15) is 0 Å². The Kier molecular flexibility index (Phi) is 7.33. The van der Waals surface area contributed by atoms with Gasteiger partial charge in [-0.15, -0.1) is 0 Å². The highest BCUT2D eigenvalue weighted by Crippen LogP contribution is 2.25. The summed E-state index contributed by atoms with van der Waals surface area (Å²) in [5.41, 5.74) is 0.384. The van der Waals surface area contributed by atoms with Gasteiger partial charge >= 0.3 is 0 Å². The first-order valence-corrected chi connectivity index (χ1v) is 8.06. The Bertz CT molecular complexity index is 245. The van der Waals surface area contributed by atoms with Crippen LogP contribution in [0.3, 0.4) is 0 Å². The second-order valence-corrected chi connectivity index (χ2v) is 6.73. The van der Waals surface area contributed by atoms with Crippen LogP contribution in [0.1, 0.15) is 53.9 Å². The summed E-state index contributed by atoms with van der Waals surface area (Å²) in [6.07, 6.45) is 4.13. The van der Waals surface area contributed by atoms with E-state index >= 15 is 0 Å². The molecule has 1 saturated heterocycles. The summed E-state index contributed by atoms with van der Waals surface area (Å²) in [7, 11) is 0. The second kappa shape index (κ2) is 8.23. The standard InChI is InChI=1S/C16H34N2O/c1-6-8-16(5,12-17-14(3)4)13-18-9-10-19-15(7-2)11-18/h14-15,17H,6-13H2,1-5H3. The molecule has 0 aromatic rings. The van der Waals surface area contributed by atoms with Crippen LogP contribution in [0.25, 0.3) is 0 Å². The van der Waals surface area contributed by atoms with Crippen molar-refractivity contribution >= 4 is 0 Å². The summed E-state index contributed by atoms with van der Waals surface area (Å²) in [5.74, 6) is 0. The lowest BCUT2D eigenvalue weighted by atomic mass is 9.84. The van der Waals surface area contributed by atoms with E-state index in [0.29, 0.717) is 17.6 Å². The van der Waals surface area contributed by atoms with E-state index in [1.54, 1.807) is 0 Å². The van der Waals surface area contributed by atoms with Crippen molar-refractivity contribution in [3.05, 3.63) is 0 Å². The number of nitrogens with zero attached hydrogens (tertiary/aromatic N) is 1. The van der Waals surface area contributed by atoms with Gasteiger partial charge in [0.2, 0.25) is 0 Å². The zero-order valence-corrected chi connectivity index (χ0v) is 13.7. The third-order valence-corrected chi connectivity index (χ3v) is 4.07. The number of ether oxygens (including phenoxy) is 1. The Labute approximate surface area is 120 Å². The molecule has 1 heterocycles. The predicted molar refractivity (Wildman–Crippen MR) is 82.6 cm³/mol. The Balaban J connectivity index is 2.51. The third-order valence-electron chi connectivity index (χ3n) is 4.07. The number of nitrogens with one attached hydrogen (secondary N) is 1. The quantitative estimate of drug-likeness (QED) is 0.734. The summed E-state index contributed by atoms with van der Waals surface area (Å²) in [6.45, 7) is 16.8. The summed E-state index contributed by atoms with van der Waals surface area (Å²) < 4.78 is 5.77. The summed E-state index contributed by atoms with van der Waals surface area (Å²) in [5, 5.41) is 3.63. The van der Waals surface area contributed by atoms with E-state index in [0.717, 1.165) is 32.7 Å². The van der Waals surface area contributed by atoms with Gasteiger partial charge in [0.25, 0.3) is 0 Å². The Hall–Kier alpha value is -0.120. The van der Waals surface area contributed by atoms with Crippen LogP contribution in [0, 0.1) is 5.41 Å². The van der Waals surface area contributed by atoms with Crippen LogP contribution in [0.2, 0.25) is 0 Å². The Morgan fingerprint density at radius 2 is 2.11 bits per heavy atom. The minimum atomic E-state index is 0.384. The number of rotatable bonds is 8. The van der Waals surface area contributed by atoms with E-state index in [-0.39, 0.29) is 0 Å². The first kappa shape index (κ1) is 16.9. The van der Waals surface area contributed by atoms with E-state index in [1.807, 2.05) is 0 Å². The molecule has 0 bridgehead atoms. The van der Waals surface area contributed by atoms with Gasteiger partial charge in [-0.25, -0.2) is 0 Å². The van der Waals surface area contributed by atoms with Crippen molar-refractivity contribution in [2.45, 2.75) is 66.0 Å². The maximum absolute atomic E-state index is 5.77.